The summed E-state index contributed by atoms with van der Waals surface area (Å²) in [7, 11) is 0. The normalized spacial score (nSPS) is 17.8. The summed E-state index contributed by atoms with van der Waals surface area (Å²) in [4.78, 5) is 14.3. The molecular weight excluding hydrogens is 497 g/mol. The first kappa shape index (κ1) is 28.9. The second-order valence-electron chi connectivity index (χ2n) is 9.58. The highest BCUT2D eigenvalue weighted by atomic mass is 35.5. The summed E-state index contributed by atoms with van der Waals surface area (Å²) in [5, 5.41) is 12.0. The summed E-state index contributed by atoms with van der Waals surface area (Å²) in [6.45, 7) is 8.17. The first-order valence-corrected chi connectivity index (χ1v) is 13.8. The number of nitrogens with zero attached hydrogens (tertiary/aromatic N) is 1. The van der Waals surface area contributed by atoms with Crippen LogP contribution in [0.3, 0.4) is 0 Å². The average Bonchev–Trinajstić information content (AvgIpc) is 3.27. The molecule has 0 unspecified atom stereocenters. The minimum atomic E-state index is -0.582. The summed E-state index contributed by atoms with van der Waals surface area (Å²) < 4.78 is 11.4. The molecule has 3 rings (SSSR count). The lowest BCUT2D eigenvalue weighted by molar-refractivity contribution is -0.143. The molecule has 1 saturated heterocycles. The Morgan fingerprint density at radius 3 is 2.72 bits per heavy atom. The lowest BCUT2D eigenvalue weighted by Gasteiger charge is -2.28. The zero-order valence-corrected chi connectivity index (χ0v) is 23.2. The molecule has 36 heavy (non-hydrogen) atoms. The van der Waals surface area contributed by atoms with Crippen molar-refractivity contribution >= 4 is 29.2 Å². The van der Waals surface area contributed by atoms with E-state index in [0.29, 0.717) is 42.1 Å². The third-order valence-electron chi connectivity index (χ3n) is 6.94. The van der Waals surface area contributed by atoms with Crippen LogP contribution in [0.2, 0.25) is 10.0 Å². The number of β-amino-alcohol motifs (C(OH)–C–C–N with tert-alkyl or cyclic N) is 1. The standard InChI is InChI=1S/C29H39Cl2NO4/c1-4-28(25-10-6-8-20(3)24(25)12-14-29(34)35-5-2)36-19-23(33)18-32-15-7-9-22(32)16-21-11-13-26(30)27(31)17-21/h6,8,10-11,13,17,22-23,28,33H,4-5,7,9,12,14-16,18-19H2,1-3H3/t22-,23+,28+/m0/s1. The molecule has 1 N–H and O–H groups in total. The largest absolute Gasteiger partial charge is 0.466 e. The van der Waals surface area contributed by atoms with Gasteiger partial charge in [0.15, 0.2) is 0 Å². The first-order chi connectivity index (χ1) is 17.3. The molecule has 5 nitrogen and oxygen atoms in total. The van der Waals surface area contributed by atoms with E-state index in [9.17, 15) is 9.90 Å². The number of aliphatic hydroxyl groups excluding tert-OH is 1. The zero-order chi connectivity index (χ0) is 26.1. The second kappa shape index (κ2) is 14.3. The van der Waals surface area contributed by atoms with Gasteiger partial charge in [0.2, 0.25) is 0 Å². The van der Waals surface area contributed by atoms with Gasteiger partial charge in [0, 0.05) is 19.0 Å². The predicted molar refractivity (Wildman–Crippen MR) is 146 cm³/mol. The number of hydrogen-bond acceptors (Lipinski definition) is 5. The second-order valence-corrected chi connectivity index (χ2v) is 10.4. The minimum absolute atomic E-state index is 0.137. The molecule has 1 fully saturated rings. The van der Waals surface area contributed by atoms with Gasteiger partial charge < -0.3 is 14.6 Å². The van der Waals surface area contributed by atoms with E-state index in [0.717, 1.165) is 54.5 Å². The highest BCUT2D eigenvalue weighted by molar-refractivity contribution is 6.42. The van der Waals surface area contributed by atoms with Crippen LogP contribution in [0.5, 0.6) is 0 Å². The van der Waals surface area contributed by atoms with E-state index in [1.165, 1.54) is 0 Å². The molecule has 198 valence electrons. The van der Waals surface area contributed by atoms with E-state index in [-0.39, 0.29) is 18.7 Å². The van der Waals surface area contributed by atoms with Crippen molar-refractivity contribution in [2.45, 2.75) is 77.5 Å². The van der Waals surface area contributed by atoms with Crippen molar-refractivity contribution in [1.29, 1.82) is 0 Å². The fourth-order valence-corrected chi connectivity index (χ4v) is 5.43. The molecule has 1 heterocycles. The molecule has 0 aromatic heterocycles. The summed E-state index contributed by atoms with van der Waals surface area (Å²) in [6, 6.07) is 12.3. The van der Waals surface area contributed by atoms with Gasteiger partial charge in [-0.25, -0.2) is 0 Å². The number of ether oxygens (including phenoxy) is 2. The Labute approximate surface area is 225 Å². The van der Waals surface area contributed by atoms with E-state index in [4.69, 9.17) is 32.7 Å². The van der Waals surface area contributed by atoms with Gasteiger partial charge in [-0.1, -0.05) is 54.4 Å². The fraction of sp³-hybridized carbons (Fsp3) is 0.552. The van der Waals surface area contributed by atoms with Crippen LogP contribution in [-0.4, -0.2) is 54.4 Å². The quantitative estimate of drug-likeness (QED) is 0.303. The molecule has 0 spiro atoms. The van der Waals surface area contributed by atoms with Gasteiger partial charge in [-0.3, -0.25) is 9.69 Å². The van der Waals surface area contributed by atoms with Crippen molar-refractivity contribution in [3.63, 3.8) is 0 Å². The number of benzene rings is 2. The van der Waals surface area contributed by atoms with Gasteiger partial charge in [0.05, 0.1) is 35.5 Å². The molecule has 2 aromatic carbocycles. The molecule has 1 aliphatic heterocycles. The number of likely N-dealkylation sites (tertiary alicyclic amines) is 1. The van der Waals surface area contributed by atoms with Crippen LogP contribution in [0, 0.1) is 6.92 Å². The van der Waals surface area contributed by atoms with Crippen molar-refractivity contribution in [2.75, 3.05) is 26.3 Å². The smallest absolute Gasteiger partial charge is 0.306 e. The van der Waals surface area contributed by atoms with Crippen molar-refractivity contribution in [3.05, 3.63) is 68.7 Å². The van der Waals surface area contributed by atoms with Crippen molar-refractivity contribution < 1.29 is 19.4 Å². The monoisotopic (exact) mass is 535 g/mol. The Balaban J connectivity index is 1.57. The number of aryl methyl sites for hydroxylation is 1. The summed E-state index contributed by atoms with van der Waals surface area (Å²) in [5.74, 6) is -0.183. The van der Waals surface area contributed by atoms with E-state index in [2.05, 4.69) is 30.9 Å². The van der Waals surface area contributed by atoms with E-state index >= 15 is 0 Å². The van der Waals surface area contributed by atoms with E-state index in [1.807, 2.05) is 31.2 Å². The average molecular weight is 537 g/mol. The first-order valence-electron chi connectivity index (χ1n) is 13.0. The third-order valence-corrected chi connectivity index (χ3v) is 7.68. The lowest BCUT2D eigenvalue weighted by Crippen LogP contribution is -2.39. The summed E-state index contributed by atoms with van der Waals surface area (Å²) in [5.41, 5.74) is 4.52. The molecule has 7 heteroatoms. The summed E-state index contributed by atoms with van der Waals surface area (Å²) >= 11 is 12.3. The lowest BCUT2D eigenvalue weighted by atomic mass is 9.93. The molecule has 1 aliphatic rings. The molecule has 2 aromatic rings. The number of halogens is 2. The number of aliphatic hydroxyl groups is 1. The number of carbonyl (C=O) groups excluding carboxylic acids is 1. The van der Waals surface area contributed by atoms with Gasteiger partial charge >= 0.3 is 5.97 Å². The van der Waals surface area contributed by atoms with Crippen LogP contribution in [0.4, 0.5) is 0 Å². The Morgan fingerprint density at radius 1 is 1.19 bits per heavy atom. The summed E-state index contributed by atoms with van der Waals surface area (Å²) in [6.07, 6.45) is 4.13. The van der Waals surface area contributed by atoms with Crippen molar-refractivity contribution in [1.82, 2.24) is 4.90 Å². The molecule has 0 radical (unpaired) electrons. The maximum absolute atomic E-state index is 11.9. The van der Waals surface area contributed by atoms with Crippen LogP contribution in [0.25, 0.3) is 0 Å². The maximum Gasteiger partial charge on any atom is 0.306 e. The molecule has 0 aliphatic carbocycles. The van der Waals surface area contributed by atoms with Crippen LogP contribution in [0.15, 0.2) is 36.4 Å². The van der Waals surface area contributed by atoms with Crippen LogP contribution >= 0.6 is 23.2 Å². The SMILES string of the molecule is CCOC(=O)CCc1c(C)cccc1[C@@H](CC)OC[C@H](O)CN1CCC[C@H]1Cc1ccc(Cl)c(Cl)c1. The Kier molecular flexibility index (Phi) is 11.5. The third kappa shape index (κ3) is 8.19. The highest BCUT2D eigenvalue weighted by Gasteiger charge is 2.27. The fourth-order valence-electron chi connectivity index (χ4n) is 5.11. The minimum Gasteiger partial charge on any atom is -0.466 e. The Morgan fingerprint density at radius 2 is 2.00 bits per heavy atom. The number of hydrogen-bond donors (Lipinski definition) is 1. The zero-order valence-electron chi connectivity index (χ0n) is 21.6. The Hall–Kier alpha value is -1.63. The van der Waals surface area contributed by atoms with Gasteiger partial charge in [0.25, 0.3) is 0 Å². The van der Waals surface area contributed by atoms with E-state index in [1.54, 1.807) is 0 Å². The molecular formula is C29H39Cl2NO4. The molecule has 0 saturated carbocycles. The highest BCUT2D eigenvalue weighted by Crippen LogP contribution is 2.29. The van der Waals surface area contributed by atoms with Crippen LogP contribution < -0.4 is 0 Å². The number of esters is 1. The van der Waals surface area contributed by atoms with Crippen LogP contribution in [0.1, 0.15) is 67.9 Å². The molecule has 3 atom stereocenters. The number of rotatable bonds is 13. The topological polar surface area (TPSA) is 59.0 Å². The van der Waals surface area contributed by atoms with Gasteiger partial charge in [-0.2, -0.15) is 0 Å². The maximum atomic E-state index is 11.9. The van der Waals surface area contributed by atoms with Crippen molar-refractivity contribution in [2.24, 2.45) is 0 Å². The molecule has 0 bridgehead atoms. The van der Waals surface area contributed by atoms with Gasteiger partial charge in [-0.15, -0.1) is 0 Å². The molecule has 0 amide bonds. The van der Waals surface area contributed by atoms with E-state index < -0.39 is 6.10 Å². The number of carbonyl (C=O) groups is 1. The van der Waals surface area contributed by atoms with Gasteiger partial charge in [0.1, 0.15) is 0 Å². The predicted octanol–water partition coefficient (Wildman–Crippen LogP) is 6.33. The Bertz CT molecular complexity index is 999. The van der Waals surface area contributed by atoms with Gasteiger partial charge in [-0.05, 0) is 86.9 Å². The van der Waals surface area contributed by atoms with Crippen molar-refractivity contribution in [3.8, 4) is 0 Å². The van der Waals surface area contributed by atoms with Crippen LogP contribution in [-0.2, 0) is 27.1 Å².